The number of hydrogen-bond donors (Lipinski definition) is 0. The lowest BCUT2D eigenvalue weighted by Gasteiger charge is -2.05. The quantitative estimate of drug-likeness (QED) is 0.719. The SMILES string of the molecule is Cc1sc2ncn(Cc3ccncc3)c(=O)c2c1C. The summed E-state index contributed by atoms with van der Waals surface area (Å²) in [6.07, 6.45) is 5.08. The number of rotatable bonds is 2. The van der Waals surface area contributed by atoms with Gasteiger partial charge in [0.05, 0.1) is 18.3 Å². The molecule has 4 nitrogen and oxygen atoms in total. The fourth-order valence-electron chi connectivity index (χ4n) is 2.07. The van der Waals surface area contributed by atoms with E-state index in [1.165, 1.54) is 0 Å². The molecule has 0 bridgehead atoms. The number of thiophene rings is 1. The third-order valence-corrected chi connectivity index (χ3v) is 4.37. The largest absolute Gasteiger partial charge is 0.294 e. The molecule has 3 heterocycles. The molecular weight excluding hydrogens is 258 g/mol. The molecule has 5 heteroatoms. The zero-order valence-electron chi connectivity index (χ0n) is 10.8. The van der Waals surface area contributed by atoms with E-state index < -0.39 is 0 Å². The van der Waals surface area contributed by atoms with Gasteiger partial charge in [-0.3, -0.25) is 14.3 Å². The van der Waals surface area contributed by atoms with Gasteiger partial charge < -0.3 is 0 Å². The minimum Gasteiger partial charge on any atom is -0.294 e. The Labute approximate surface area is 114 Å². The van der Waals surface area contributed by atoms with Crippen molar-refractivity contribution in [2.24, 2.45) is 0 Å². The maximum absolute atomic E-state index is 12.5. The van der Waals surface area contributed by atoms with E-state index in [1.807, 2.05) is 26.0 Å². The van der Waals surface area contributed by atoms with Crippen LogP contribution < -0.4 is 5.56 Å². The normalized spacial score (nSPS) is 11.1. The molecule has 96 valence electrons. The summed E-state index contributed by atoms with van der Waals surface area (Å²) in [5, 5.41) is 0.749. The molecule has 0 aliphatic heterocycles. The number of nitrogens with zero attached hydrogens (tertiary/aromatic N) is 3. The van der Waals surface area contributed by atoms with Crippen LogP contribution in [0.2, 0.25) is 0 Å². The van der Waals surface area contributed by atoms with E-state index in [-0.39, 0.29) is 5.56 Å². The molecular formula is C14H13N3OS. The average Bonchev–Trinajstić information content (AvgIpc) is 2.71. The Kier molecular flexibility index (Phi) is 2.91. The topological polar surface area (TPSA) is 47.8 Å². The third kappa shape index (κ3) is 2.06. The van der Waals surface area contributed by atoms with Crippen LogP contribution in [0.4, 0.5) is 0 Å². The Morgan fingerprint density at radius 2 is 2.00 bits per heavy atom. The van der Waals surface area contributed by atoms with E-state index in [2.05, 4.69) is 9.97 Å². The molecule has 0 saturated carbocycles. The molecule has 0 saturated heterocycles. The van der Waals surface area contributed by atoms with Crippen LogP contribution in [0.5, 0.6) is 0 Å². The number of aryl methyl sites for hydroxylation is 2. The molecule has 3 rings (SSSR count). The Balaban J connectivity index is 2.13. The van der Waals surface area contributed by atoms with Crippen LogP contribution in [0.1, 0.15) is 16.0 Å². The molecule has 0 radical (unpaired) electrons. The van der Waals surface area contributed by atoms with Gasteiger partial charge in [0, 0.05) is 17.3 Å². The van der Waals surface area contributed by atoms with Crippen LogP contribution >= 0.6 is 11.3 Å². The molecule has 0 fully saturated rings. The molecule has 0 unspecified atom stereocenters. The monoisotopic (exact) mass is 271 g/mol. The number of fused-ring (bicyclic) bond motifs is 1. The minimum absolute atomic E-state index is 0.0312. The van der Waals surface area contributed by atoms with E-state index in [9.17, 15) is 4.79 Å². The van der Waals surface area contributed by atoms with Gasteiger partial charge in [-0.05, 0) is 37.1 Å². The summed E-state index contributed by atoms with van der Waals surface area (Å²) in [4.78, 5) is 22.8. The predicted octanol–water partition coefficient (Wildman–Crippen LogP) is 2.52. The van der Waals surface area contributed by atoms with E-state index in [0.29, 0.717) is 6.54 Å². The van der Waals surface area contributed by atoms with Crippen LogP contribution in [-0.4, -0.2) is 14.5 Å². The van der Waals surface area contributed by atoms with Crippen LogP contribution in [-0.2, 0) is 6.54 Å². The zero-order valence-corrected chi connectivity index (χ0v) is 11.6. The van der Waals surface area contributed by atoms with Crippen molar-refractivity contribution >= 4 is 21.6 Å². The molecule has 0 aliphatic rings. The molecule has 0 aliphatic carbocycles. The standard InChI is InChI=1S/C14H13N3OS/c1-9-10(2)19-13-12(9)14(18)17(8-16-13)7-11-3-5-15-6-4-11/h3-6,8H,7H2,1-2H3. The van der Waals surface area contributed by atoms with Gasteiger partial charge in [-0.1, -0.05) is 0 Å². The van der Waals surface area contributed by atoms with Crippen molar-refractivity contribution in [1.29, 1.82) is 0 Å². The molecule has 0 spiro atoms. The van der Waals surface area contributed by atoms with Gasteiger partial charge in [0.15, 0.2) is 0 Å². The van der Waals surface area contributed by atoms with E-state index in [0.717, 1.165) is 26.2 Å². The first kappa shape index (κ1) is 12.0. The summed E-state index contributed by atoms with van der Waals surface area (Å²) in [5.41, 5.74) is 2.12. The first-order valence-electron chi connectivity index (χ1n) is 6.01. The number of hydrogen-bond acceptors (Lipinski definition) is 4. The summed E-state index contributed by atoms with van der Waals surface area (Å²) in [6.45, 7) is 4.53. The van der Waals surface area contributed by atoms with Crippen molar-refractivity contribution in [1.82, 2.24) is 14.5 Å². The van der Waals surface area contributed by atoms with Crippen LogP contribution in [0, 0.1) is 13.8 Å². The van der Waals surface area contributed by atoms with Gasteiger partial charge in [-0.15, -0.1) is 11.3 Å². The fraction of sp³-hybridized carbons (Fsp3) is 0.214. The van der Waals surface area contributed by atoms with Crippen LogP contribution in [0.15, 0.2) is 35.6 Å². The van der Waals surface area contributed by atoms with E-state index in [1.54, 1.807) is 34.6 Å². The fourth-order valence-corrected chi connectivity index (χ4v) is 3.05. The summed E-state index contributed by atoms with van der Waals surface area (Å²) in [6, 6.07) is 3.81. The van der Waals surface area contributed by atoms with Crippen molar-refractivity contribution in [3.63, 3.8) is 0 Å². The minimum atomic E-state index is 0.0312. The van der Waals surface area contributed by atoms with E-state index >= 15 is 0 Å². The Morgan fingerprint density at radius 3 is 2.74 bits per heavy atom. The molecule has 0 atom stereocenters. The molecule has 0 aromatic carbocycles. The van der Waals surface area contributed by atoms with Gasteiger partial charge in [-0.2, -0.15) is 0 Å². The predicted molar refractivity (Wildman–Crippen MR) is 76.7 cm³/mol. The third-order valence-electron chi connectivity index (χ3n) is 3.26. The Morgan fingerprint density at radius 1 is 1.26 bits per heavy atom. The van der Waals surface area contributed by atoms with Gasteiger partial charge in [0.25, 0.3) is 5.56 Å². The lowest BCUT2D eigenvalue weighted by atomic mass is 10.2. The van der Waals surface area contributed by atoms with Crippen molar-refractivity contribution in [3.05, 3.63) is 57.2 Å². The first-order chi connectivity index (χ1) is 9.16. The molecule has 0 N–H and O–H groups in total. The maximum Gasteiger partial charge on any atom is 0.262 e. The molecule has 3 aromatic rings. The van der Waals surface area contributed by atoms with Crippen molar-refractivity contribution < 1.29 is 0 Å². The van der Waals surface area contributed by atoms with Crippen molar-refractivity contribution in [3.8, 4) is 0 Å². The second-order valence-corrected chi connectivity index (χ2v) is 5.70. The molecule has 3 aromatic heterocycles. The lowest BCUT2D eigenvalue weighted by molar-refractivity contribution is 0.748. The zero-order chi connectivity index (χ0) is 13.4. The van der Waals surface area contributed by atoms with Crippen molar-refractivity contribution in [2.75, 3.05) is 0 Å². The summed E-state index contributed by atoms with van der Waals surface area (Å²) < 4.78 is 1.65. The van der Waals surface area contributed by atoms with Gasteiger partial charge in [0.1, 0.15) is 4.83 Å². The highest BCUT2D eigenvalue weighted by Gasteiger charge is 2.11. The second kappa shape index (κ2) is 4.59. The maximum atomic E-state index is 12.5. The van der Waals surface area contributed by atoms with E-state index in [4.69, 9.17) is 0 Å². The van der Waals surface area contributed by atoms with Crippen molar-refractivity contribution in [2.45, 2.75) is 20.4 Å². The second-order valence-electron chi connectivity index (χ2n) is 4.50. The summed E-state index contributed by atoms with van der Waals surface area (Å²) >= 11 is 1.57. The smallest absolute Gasteiger partial charge is 0.262 e. The molecule has 0 amide bonds. The van der Waals surface area contributed by atoms with Crippen LogP contribution in [0.25, 0.3) is 10.2 Å². The van der Waals surface area contributed by atoms with Crippen LogP contribution in [0.3, 0.4) is 0 Å². The van der Waals surface area contributed by atoms with Gasteiger partial charge in [0.2, 0.25) is 0 Å². The Hall–Kier alpha value is -2.01. The van der Waals surface area contributed by atoms with Gasteiger partial charge in [-0.25, -0.2) is 4.98 Å². The number of aromatic nitrogens is 3. The average molecular weight is 271 g/mol. The lowest BCUT2D eigenvalue weighted by Crippen LogP contribution is -2.21. The Bertz CT molecular complexity index is 790. The summed E-state index contributed by atoms with van der Waals surface area (Å²) in [5.74, 6) is 0. The highest BCUT2D eigenvalue weighted by molar-refractivity contribution is 7.18. The van der Waals surface area contributed by atoms with Gasteiger partial charge >= 0.3 is 0 Å². The first-order valence-corrected chi connectivity index (χ1v) is 6.82. The highest BCUT2D eigenvalue weighted by Crippen LogP contribution is 2.25. The molecule has 19 heavy (non-hydrogen) atoms. The number of pyridine rings is 1. The highest BCUT2D eigenvalue weighted by atomic mass is 32.1. The summed E-state index contributed by atoms with van der Waals surface area (Å²) in [7, 11) is 0.